The Morgan fingerprint density at radius 3 is 2.65 bits per heavy atom. The van der Waals surface area contributed by atoms with Crippen LogP contribution in [-0.4, -0.2) is 21.6 Å². The lowest BCUT2D eigenvalue weighted by atomic mass is 10.0. The number of benzene rings is 1. The minimum atomic E-state index is -0.156. The van der Waals surface area contributed by atoms with E-state index in [-0.39, 0.29) is 11.0 Å². The summed E-state index contributed by atoms with van der Waals surface area (Å²) in [7, 11) is 0. The number of thiophene rings is 1. The van der Waals surface area contributed by atoms with E-state index in [0.29, 0.717) is 28.7 Å². The van der Waals surface area contributed by atoms with Crippen LogP contribution in [0.1, 0.15) is 29.5 Å². The molecule has 31 heavy (non-hydrogen) atoms. The van der Waals surface area contributed by atoms with Crippen molar-refractivity contribution >= 4 is 33.3 Å². The van der Waals surface area contributed by atoms with Crippen molar-refractivity contribution in [3.8, 4) is 16.9 Å². The molecule has 160 valence electrons. The molecule has 0 amide bonds. The Morgan fingerprint density at radius 1 is 1.16 bits per heavy atom. The summed E-state index contributed by atoms with van der Waals surface area (Å²) in [4.78, 5) is 37.5. The topological polar surface area (TPSA) is 87.8 Å². The van der Waals surface area contributed by atoms with Crippen LogP contribution >= 0.6 is 23.1 Å². The Bertz CT molecular complexity index is 1340. The highest BCUT2D eigenvalue weighted by Crippen LogP contribution is 2.36. The molecule has 4 aromatic rings. The maximum atomic E-state index is 12.9. The Morgan fingerprint density at radius 2 is 1.94 bits per heavy atom. The molecule has 0 atom stereocenters. The maximum Gasteiger partial charge on any atom is 0.260 e. The van der Waals surface area contributed by atoms with E-state index in [2.05, 4.69) is 15.0 Å². The number of ether oxygens (including phenoxy) is 1. The van der Waals surface area contributed by atoms with Crippen LogP contribution in [-0.2, 0) is 5.75 Å². The third kappa shape index (κ3) is 4.60. The molecular weight excluding hydrogens is 430 g/mol. The zero-order valence-corrected chi connectivity index (χ0v) is 19.2. The normalized spacial score (nSPS) is 11.2. The highest BCUT2D eigenvalue weighted by molar-refractivity contribution is 7.98. The fourth-order valence-corrected chi connectivity index (χ4v) is 5.17. The number of hydrogen-bond acceptors (Lipinski definition) is 6. The monoisotopic (exact) mass is 453 g/mol. The van der Waals surface area contributed by atoms with E-state index in [4.69, 9.17) is 4.74 Å². The van der Waals surface area contributed by atoms with Crippen molar-refractivity contribution in [1.82, 2.24) is 15.0 Å². The summed E-state index contributed by atoms with van der Waals surface area (Å²) in [6.45, 7) is 6.55. The summed E-state index contributed by atoms with van der Waals surface area (Å²) in [6.07, 6.45) is 2.43. The Kier molecular flexibility index (Phi) is 6.29. The van der Waals surface area contributed by atoms with Gasteiger partial charge < -0.3 is 14.7 Å². The first-order valence-corrected chi connectivity index (χ1v) is 11.8. The molecule has 2 N–H and O–H groups in total. The Balaban J connectivity index is 1.59. The third-order valence-corrected chi connectivity index (χ3v) is 6.74. The van der Waals surface area contributed by atoms with Crippen LogP contribution in [0.4, 0.5) is 0 Å². The van der Waals surface area contributed by atoms with Crippen LogP contribution in [0, 0.1) is 13.8 Å². The molecular formula is C23H23N3O3S2. The molecule has 0 aliphatic heterocycles. The van der Waals surface area contributed by atoms with Crippen LogP contribution in [0.25, 0.3) is 21.3 Å². The molecule has 0 aliphatic carbocycles. The van der Waals surface area contributed by atoms with E-state index in [1.807, 2.05) is 45.0 Å². The van der Waals surface area contributed by atoms with E-state index in [1.54, 1.807) is 6.20 Å². The summed E-state index contributed by atoms with van der Waals surface area (Å²) in [5.41, 5.74) is 3.57. The van der Waals surface area contributed by atoms with Gasteiger partial charge in [0.1, 0.15) is 4.83 Å². The molecule has 0 saturated carbocycles. The molecule has 0 saturated heterocycles. The molecule has 0 bridgehead atoms. The first-order valence-electron chi connectivity index (χ1n) is 10.0. The van der Waals surface area contributed by atoms with Crippen LogP contribution in [0.5, 0.6) is 5.75 Å². The lowest BCUT2D eigenvalue weighted by Crippen LogP contribution is -2.10. The third-order valence-electron chi connectivity index (χ3n) is 4.82. The minimum Gasteiger partial charge on any atom is -0.488 e. The van der Waals surface area contributed by atoms with Gasteiger partial charge in [-0.25, -0.2) is 4.98 Å². The van der Waals surface area contributed by atoms with E-state index in [1.165, 1.54) is 34.7 Å². The zero-order chi connectivity index (χ0) is 22.0. The number of aryl methyl sites for hydroxylation is 2. The van der Waals surface area contributed by atoms with Crippen molar-refractivity contribution in [2.75, 3.05) is 6.61 Å². The number of aromatic amines is 2. The van der Waals surface area contributed by atoms with Gasteiger partial charge in [0.05, 0.1) is 12.0 Å². The second-order valence-corrected chi connectivity index (χ2v) is 9.44. The Labute approximate surface area is 187 Å². The number of thioether (sulfide) groups is 1. The lowest BCUT2D eigenvalue weighted by molar-refractivity contribution is 0.313. The van der Waals surface area contributed by atoms with Gasteiger partial charge in [0.15, 0.2) is 10.9 Å². The lowest BCUT2D eigenvalue weighted by Gasteiger charge is -2.06. The second kappa shape index (κ2) is 9.11. The molecule has 4 rings (SSSR count). The predicted octanol–water partition coefficient (Wildman–Crippen LogP) is 5.04. The van der Waals surface area contributed by atoms with Gasteiger partial charge in [-0.15, -0.1) is 11.3 Å². The predicted molar refractivity (Wildman–Crippen MR) is 128 cm³/mol. The molecule has 8 heteroatoms. The summed E-state index contributed by atoms with van der Waals surface area (Å²) in [5, 5.41) is 1.16. The van der Waals surface area contributed by atoms with Crippen LogP contribution < -0.4 is 15.7 Å². The fourth-order valence-electron chi connectivity index (χ4n) is 3.29. The van der Waals surface area contributed by atoms with Crippen LogP contribution in [0.2, 0.25) is 0 Å². The van der Waals surface area contributed by atoms with Gasteiger partial charge in [-0.2, -0.15) is 0 Å². The van der Waals surface area contributed by atoms with E-state index in [0.717, 1.165) is 32.9 Å². The standard InChI is InChI=1S/C23H23N3O3S2/c1-4-9-29-18-11-24-16(10-17(18)27)12-30-23-25-21(28)20-19(14(3)31-22(20)26-23)15-7-5-13(2)6-8-15/h5-8,10-11H,4,9,12H2,1-3H3,(H,24,27)(H,25,26,28). The first kappa shape index (κ1) is 21.4. The smallest absolute Gasteiger partial charge is 0.260 e. The van der Waals surface area contributed by atoms with Crippen molar-refractivity contribution in [2.24, 2.45) is 0 Å². The van der Waals surface area contributed by atoms with Crippen molar-refractivity contribution < 1.29 is 4.74 Å². The number of H-pyrrole nitrogens is 2. The molecule has 0 fully saturated rings. The minimum absolute atomic E-state index is 0.149. The van der Waals surface area contributed by atoms with Gasteiger partial charge in [0, 0.05) is 34.2 Å². The van der Waals surface area contributed by atoms with E-state index < -0.39 is 0 Å². The summed E-state index contributed by atoms with van der Waals surface area (Å²) < 4.78 is 5.42. The number of hydrogen-bond donors (Lipinski definition) is 2. The van der Waals surface area contributed by atoms with Crippen LogP contribution in [0.15, 0.2) is 51.3 Å². The first-order chi connectivity index (χ1) is 15.0. The number of pyridine rings is 1. The average Bonchev–Trinajstić information content (AvgIpc) is 3.08. The highest BCUT2D eigenvalue weighted by Gasteiger charge is 2.17. The van der Waals surface area contributed by atoms with E-state index in [9.17, 15) is 9.59 Å². The van der Waals surface area contributed by atoms with Gasteiger partial charge in [0.25, 0.3) is 5.56 Å². The maximum absolute atomic E-state index is 12.9. The number of nitrogens with zero attached hydrogens (tertiary/aromatic N) is 1. The number of aromatic nitrogens is 3. The van der Waals surface area contributed by atoms with Gasteiger partial charge in [-0.3, -0.25) is 9.59 Å². The molecule has 6 nitrogen and oxygen atoms in total. The highest BCUT2D eigenvalue weighted by atomic mass is 32.2. The fraction of sp³-hybridized carbons (Fsp3) is 0.261. The Hall–Kier alpha value is -2.84. The van der Waals surface area contributed by atoms with Crippen molar-refractivity contribution in [2.45, 2.75) is 38.1 Å². The van der Waals surface area contributed by atoms with Gasteiger partial charge >= 0.3 is 0 Å². The van der Waals surface area contributed by atoms with Gasteiger partial charge in [-0.1, -0.05) is 48.5 Å². The average molecular weight is 454 g/mol. The molecule has 1 aromatic carbocycles. The van der Waals surface area contributed by atoms with Crippen molar-refractivity contribution in [3.05, 3.63) is 73.2 Å². The number of fused-ring (bicyclic) bond motifs is 1. The quantitative estimate of drug-likeness (QED) is 0.302. The molecule has 0 spiro atoms. The van der Waals surface area contributed by atoms with Crippen molar-refractivity contribution in [1.29, 1.82) is 0 Å². The van der Waals surface area contributed by atoms with Crippen LogP contribution in [0.3, 0.4) is 0 Å². The van der Waals surface area contributed by atoms with Crippen molar-refractivity contribution in [3.63, 3.8) is 0 Å². The zero-order valence-electron chi connectivity index (χ0n) is 17.6. The second-order valence-electron chi connectivity index (χ2n) is 7.27. The summed E-state index contributed by atoms with van der Waals surface area (Å²) in [5.74, 6) is 0.800. The number of nitrogens with one attached hydrogen (secondary N) is 2. The van der Waals surface area contributed by atoms with Gasteiger partial charge in [0.2, 0.25) is 5.43 Å². The van der Waals surface area contributed by atoms with Gasteiger partial charge in [-0.05, 0) is 25.8 Å². The molecule has 0 radical (unpaired) electrons. The van der Waals surface area contributed by atoms with E-state index >= 15 is 0 Å². The SMILES string of the molecule is CCCOc1c[nH]c(CSc2nc3sc(C)c(-c4ccc(C)cc4)c3c(=O)[nH]2)cc1=O. The largest absolute Gasteiger partial charge is 0.488 e. The number of rotatable bonds is 7. The molecule has 0 unspecified atom stereocenters. The molecule has 0 aliphatic rings. The molecule has 3 heterocycles. The summed E-state index contributed by atoms with van der Waals surface area (Å²) >= 11 is 2.90. The molecule has 3 aromatic heterocycles. The summed E-state index contributed by atoms with van der Waals surface area (Å²) in [6, 6.07) is 9.69.